The molecule has 156 valence electrons. The molecule has 1 saturated heterocycles. The molecule has 2 heterocycles. The summed E-state index contributed by atoms with van der Waals surface area (Å²) in [6.07, 6.45) is 1.85. The molecule has 1 aromatic heterocycles. The van der Waals surface area contributed by atoms with Crippen molar-refractivity contribution < 1.29 is 9.53 Å². The van der Waals surface area contributed by atoms with E-state index >= 15 is 0 Å². The number of benzene rings is 1. The van der Waals surface area contributed by atoms with Crippen LogP contribution in [0.3, 0.4) is 0 Å². The lowest BCUT2D eigenvalue weighted by Gasteiger charge is -2.26. The summed E-state index contributed by atoms with van der Waals surface area (Å²) in [7, 11) is 0. The average Bonchev–Trinajstić information content (AvgIpc) is 2.74. The fourth-order valence-electron chi connectivity index (χ4n) is 3.52. The first kappa shape index (κ1) is 21.2. The second-order valence-electron chi connectivity index (χ2n) is 7.18. The predicted molar refractivity (Wildman–Crippen MR) is 115 cm³/mol. The summed E-state index contributed by atoms with van der Waals surface area (Å²) in [6.45, 7) is 10.8. The Balaban J connectivity index is 1.69. The maximum Gasteiger partial charge on any atom is 0.270 e. The monoisotopic (exact) mass is 397 g/mol. The van der Waals surface area contributed by atoms with Crippen LogP contribution in [0, 0.1) is 6.92 Å². The average molecular weight is 398 g/mol. The standard InChI is InChI=1S/C22H31N5O2/c1-4-17-7-6-8-18(5-2)21(17)26-20-15-19(24-16(3)25-20)22(28)23-9-10-27-11-13-29-14-12-27/h6-8,15H,4-5,9-14H2,1-3H3,(H,23,28)(H,24,25,26). The van der Waals surface area contributed by atoms with E-state index in [1.54, 1.807) is 6.07 Å². The molecular weight excluding hydrogens is 366 g/mol. The van der Waals surface area contributed by atoms with E-state index in [0.717, 1.165) is 51.4 Å². The highest BCUT2D eigenvalue weighted by atomic mass is 16.5. The molecule has 1 aliphatic heterocycles. The van der Waals surface area contributed by atoms with Gasteiger partial charge in [-0.25, -0.2) is 9.97 Å². The minimum Gasteiger partial charge on any atom is -0.379 e. The van der Waals surface area contributed by atoms with E-state index in [-0.39, 0.29) is 5.91 Å². The smallest absolute Gasteiger partial charge is 0.270 e. The van der Waals surface area contributed by atoms with Gasteiger partial charge in [0, 0.05) is 37.9 Å². The molecule has 3 rings (SSSR count). The Morgan fingerprint density at radius 2 is 1.83 bits per heavy atom. The summed E-state index contributed by atoms with van der Waals surface area (Å²) in [6, 6.07) is 8.05. The topological polar surface area (TPSA) is 79.4 Å². The summed E-state index contributed by atoms with van der Waals surface area (Å²) in [4.78, 5) is 23.7. The Labute approximate surface area is 172 Å². The third-order valence-electron chi connectivity index (χ3n) is 5.14. The Kier molecular flexibility index (Phi) is 7.55. The molecule has 1 aliphatic rings. The van der Waals surface area contributed by atoms with Gasteiger partial charge in [-0.15, -0.1) is 0 Å². The van der Waals surface area contributed by atoms with Crippen LogP contribution in [0.4, 0.5) is 11.5 Å². The molecule has 7 heteroatoms. The Morgan fingerprint density at radius 3 is 2.48 bits per heavy atom. The van der Waals surface area contributed by atoms with Crippen LogP contribution < -0.4 is 10.6 Å². The molecular formula is C22H31N5O2. The number of carbonyl (C=O) groups excluding carboxylic acids is 1. The van der Waals surface area contributed by atoms with Crippen LogP contribution in [0.25, 0.3) is 0 Å². The third-order valence-corrected chi connectivity index (χ3v) is 5.14. The zero-order valence-electron chi connectivity index (χ0n) is 17.6. The van der Waals surface area contributed by atoms with E-state index in [1.165, 1.54) is 11.1 Å². The zero-order valence-corrected chi connectivity index (χ0v) is 17.6. The molecule has 0 unspecified atom stereocenters. The van der Waals surface area contributed by atoms with Crippen molar-refractivity contribution in [1.29, 1.82) is 0 Å². The third kappa shape index (κ3) is 5.74. The first-order chi connectivity index (χ1) is 14.1. The number of para-hydroxylation sites is 1. The van der Waals surface area contributed by atoms with Gasteiger partial charge >= 0.3 is 0 Å². The molecule has 0 bridgehead atoms. The van der Waals surface area contributed by atoms with Crippen LogP contribution in [-0.2, 0) is 17.6 Å². The van der Waals surface area contributed by atoms with Crippen molar-refractivity contribution in [2.45, 2.75) is 33.6 Å². The van der Waals surface area contributed by atoms with Crippen molar-refractivity contribution in [2.24, 2.45) is 0 Å². The number of aromatic nitrogens is 2. The maximum atomic E-state index is 12.6. The van der Waals surface area contributed by atoms with Crippen LogP contribution in [0.15, 0.2) is 24.3 Å². The molecule has 1 aromatic carbocycles. The van der Waals surface area contributed by atoms with Crippen molar-refractivity contribution >= 4 is 17.4 Å². The second kappa shape index (κ2) is 10.3. The quantitative estimate of drug-likeness (QED) is 0.713. The molecule has 0 saturated carbocycles. The predicted octanol–water partition coefficient (Wildman–Crippen LogP) is 2.72. The number of anilines is 2. The van der Waals surface area contributed by atoms with Crippen molar-refractivity contribution in [2.75, 3.05) is 44.7 Å². The van der Waals surface area contributed by atoms with Crippen LogP contribution in [0.2, 0.25) is 0 Å². The number of hydrogen-bond donors (Lipinski definition) is 2. The van der Waals surface area contributed by atoms with E-state index in [1.807, 2.05) is 6.92 Å². The van der Waals surface area contributed by atoms with Crippen LogP contribution >= 0.6 is 0 Å². The van der Waals surface area contributed by atoms with E-state index in [0.29, 0.717) is 23.9 Å². The molecule has 0 radical (unpaired) electrons. The van der Waals surface area contributed by atoms with Gasteiger partial charge in [-0.05, 0) is 30.9 Å². The van der Waals surface area contributed by atoms with Gasteiger partial charge in [-0.1, -0.05) is 32.0 Å². The SMILES string of the molecule is CCc1cccc(CC)c1Nc1cc(C(=O)NCCN2CCOCC2)nc(C)n1. The van der Waals surface area contributed by atoms with Gasteiger partial charge in [0.2, 0.25) is 0 Å². The minimum absolute atomic E-state index is 0.175. The van der Waals surface area contributed by atoms with E-state index in [4.69, 9.17) is 4.74 Å². The van der Waals surface area contributed by atoms with Crippen LogP contribution in [0.1, 0.15) is 41.3 Å². The number of aryl methyl sites for hydroxylation is 3. The minimum atomic E-state index is -0.175. The zero-order chi connectivity index (χ0) is 20.6. The largest absolute Gasteiger partial charge is 0.379 e. The van der Waals surface area contributed by atoms with Gasteiger partial charge in [-0.2, -0.15) is 0 Å². The number of nitrogens with one attached hydrogen (secondary N) is 2. The van der Waals surface area contributed by atoms with E-state index in [2.05, 4.69) is 57.5 Å². The van der Waals surface area contributed by atoms with Crippen molar-refractivity contribution in [3.05, 3.63) is 46.9 Å². The van der Waals surface area contributed by atoms with E-state index in [9.17, 15) is 4.79 Å². The molecule has 29 heavy (non-hydrogen) atoms. The van der Waals surface area contributed by atoms with Gasteiger partial charge in [0.15, 0.2) is 0 Å². The highest BCUT2D eigenvalue weighted by Crippen LogP contribution is 2.26. The summed E-state index contributed by atoms with van der Waals surface area (Å²) < 4.78 is 5.35. The molecule has 0 aliphatic carbocycles. The lowest BCUT2D eigenvalue weighted by atomic mass is 10.0. The molecule has 2 N–H and O–H groups in total. The first-order valence-corrected chi connectivity index (χ1v) is 10.4. The molecule has 0 atom stereocenters. The highest BCUT2D eigenvalue weighted by molar-refractivity contribution is 5.93. The Bertz CT molecular complexity index is 812. The summed E-state index contributed by atoms with van der Waals surface area (Å²) >= 11 is 0. The number of amides is 1. The Hall–Kier alpha value is -2.51. The summed E-state index contributed by atoms with van der Waals surface area (Å²) in [5.74, 6) is 1.04. The Morgan fingerprint density at radius 1 is 1.14 bits per heavy atom. The molecule has 1 fully saturated rings. The number of hydrogen-bond acceptors (Lipinski definition) is 6. The van der Waals surface area contributed by atoms with Crippen molar-refractivity contribution in [1.82, 2.24) is 20.2 Å². The van der Waals surface area contributed by atoms with Crippen LogP contribution in [-0.4, -0.2) is 60.2 Å². The lowest BCUT2D eigenvalue weighted by Crippen LogP contribution is -2.41. The van der Waals surface area contributed by atoms with Gasteiger partial charge in [0.25, 0.3) is 5.91 Å². The first-order valence-electron chi connectivity index (χ1n) is 10.4. The molecule has 7 nitrogen and oxygen atoms in total. The molecule has 0 spiro atoms. The van der Waals surface area contributed by atoms with Gasteiger partial charge in [0.05, 0.1) is 13.2 Å². The lowest BCUT2D eigenvalue weighted by molar-refractivity contribution is 0.0383. The van der Waals surface area contributed by atoms with Crippen molar-refractivity contribution in [3.63, 3.8) is 0 Å². The normalized spacial score (nSPS) is 14.6. The van der Waals surface area contributed by atoms with E-state index < -0.39 is 0 Å². The molecule has 1 amide bonds. The maximum absolute atomic E-state index is 12.6. The summed E-state index contributed by atoms with van der Waals surface area (Å²) in [5, 5.41) is 6.40. The fourth-order valence-corrected chi connectivity index (χ4v) is 3.52. The van der Waals surface area contributed by atoms with Gasteiger partial charge < -0.3 is 15.4 Å². The highest BCUT2D eigenvalue weighted by Gasteiger charge is 2.14. The number of carbonyl (C=O) groups is 1. The number of morpholine rings is 1. The number of rotatable bonds is 8. The summed E-state index contributed by atoms with van der Waals surface area (Å²) in [5.41, 5.74) is 3.93. The van der Waals surface area contributed by atoms with Gasteiger partial charge in [0.1, 0.15) is 17.3 Å². The van der Waals surface area contributed by atoms with Crippen molar-refractivity contribution in [3.8, 4) is 0 Å². The van der Waals surface area contributed by atoms with Gasteiger partial charge in [-0.3, -0.25) is 9.69 Å². The fraction of sp³-hybridized carbons (Fsp3) is 0.500. The molecule has 2 aromatic rings. The number of nitrogens with zero attached hydrogens (tertiary/aromatic N) is 3. The number of ether oxygens (including phenoxy) is 1. The second-order valence-corrected chi connectivity index (χ2v) is 7.18. The van der Waals surface area contributed by atoms with Crippen LogP contribution in [0.5, 0.6) is 0 Å².